The van der Waals surface area contributed by atoms with Gasteiger partial charge in [0.15, 0.2) is 5.75 Å². The molecule has 0 aliphatic carbocycles. The zero-order chi connectivity index (χ0) is 15.7. The quantitative estimate of drug-likeness (QED) is 0.723. The van der Waals surface area contributed by atoms with E-state index in [2.05, 4.69) is 10.1 Å². The zero-order valence-corrected chi connectivity index (χ0v) is 11.6. The van der Waals surface area contributed by atoms with E-state index >= 15 is 0 Å². The van der Waals surface area contributed by atoms with E-state index in [9.17, 15) is 18.0 Å². The number of carbonyl (C=O) groups excluding carboxylic acids is 1. The highest BCUT2D eigenvalue weighted by molar-refractivity contribution is 5.92. The highest BCUT2D eigenvalue weighted by atomic mass is 19.4. The topological polar surface area (TPSA) is 64.4 Å². The van der Waals surface area contributed by atoms with E-state index in [1.165, 1.54) is 18.2 Å². The molecule has 0 aromatic heterocycles. The molecular weight excluding hydrogens is 285 g/mol. The van der Waals surface area contributed by atoms with Crippen molar-refractivity contribution in [2.45, 2.75) is 38.5 Å². The average molecular weight is 304 g/mol. The molecular formula is C14H19F3N2O2. The van der Waals surface area contributed by atoms with Crippen molar-refractivity contribution in [3.8, 4) is 5.75 Å². The van der Waals surface area contributed by atoms with Crippen LogP contribution in [0.4, 0.5) is 18.9 Å². The van der Waals surface area contributed by atoms with Crippen LogP contribution in [0.2, 0.25) is 0 Å². The largest absolute Gasteiger partial charge is 0.573 e. The van der Waals surface area contributed by atoms with Crippen molar-refractivity contribution in [3.05, 3.63) is 24.3 Å². The number of hydrogen-bond donors (Lipinski definition) is 2. The van der Waals surface area contributed by atoms with Crippen molar-refractivity contribution in [2.75, 3.05) is 11.9 Å². The molecule has 1 aromatic carbocycles. The number of unbranched alkanes of at least 4 members (excludes halogenated alkanes) is 3. The van der Waals surface area contributed by atoms with E-state index < -0.39 is 12.1 Å². The molecule has 1 rings (SSSR count). The van der Waals surface area contributed by atoms with Crippen LogP contribution >= 0.6 is 0 Å². The van der Waals surface area contributed by atoms with E-state index in [-0.39, 0.29) is 18.0 Å². The molecule has 0 radical (unpaired) electrons. The molecule has 21 heavy (non-hydrogen) atoms. The standard InChI is InChI=1S/C14H19F3N2O2/c15-14(16,17)21-12-8-5-4-7-11(12)19-13(20)9-3-1-2-6-10-18/h4-5,7-8H,1-3,6,9-10,18H2,(H,19,20). The number of benzene rings is 1. The molecule has 0 saturated carbocycles. The van der Waals surface area contributed by atoms with E-state index in [1.807, 2.05) is 0 Å². The average Bonchev–Trinajstić information content (AvgIpc) is 2.39. The summed E-state index contributed by atoms with van der Waals surface area (Å²) >= 11 is 0. The Labute approximate surface area is 121 Å². The smallest absolute Gasteiger partial charge is 0.404 e. The molecule has 0 bridgehead atoms. The molecule has 4 nitrogen and oxygen atoms in total. The maximum atomic E-state index is 12.2. The van der Waals surface area contributed by atoms with Crippen LogP contribution in [0.25, 0.3) is 0 Å². The van der Waals surface area contributed by atoms with Crippen molar-refractivity contribution in [3.63, 3.8) is 0 Å². The summed E-state index contributed by atoms with van der Waals surface area (Å²) in [6.07, 6.45) is -1.14. The monoisotopic (exact) mass is 304 g/mol. The molecule has 0 atom stereocenters. The van der Waals surface area contributed by atoms with Crippen molar-refractivity contribution in [2.24, 2.45) is 5.73 Å². The Hall–Kier alpha value is -1.76. The molecule has 0 spiro atoms. The normalized spacial score (nSPS) is 11.2. The fourth-order valence-electron chi connectivity index (χ4n) is 1.78. The Morgan fingerprint density at radius 3 is 2.48 bits per heavy atom. The third-order valence-electron chi connectivity index (χ3n) is 2.74. The molecule has 1 amide bonds. The number of amides is 1. The van der Waals surface area contributed by atoms with Gasteiger partial charge in [-0.3, -0.25) is 4.79 Å². The minimum Gasteiger partial charge on any atom is -0.404 e. The Bertz CT molecular complexity index is 450. The number of carbonyl (C=O) groups is 1. The second-order valence-electron chi connectivity index (χ2n) is 4.55. The van der Waals surface area contributed by atoms with E-state index in [0.717, 1.165) is 25.3 Å². The molecule has 0 aliphatic rings. The zero-order valence-electron chi connectivity index (χ0n) is 11.6. The fraction of sp³-hybridized carbons (Fsp3) is 0.500. The first-order chi connectivity index (χ1) is 9.92. The van der Waals surface area contributed by atoms with Crippen LogP contribution in [0, 0.1) is 0 Å². The number of hydrogen-bond acceptors (Lipinski definition) is 3. The Kier molecular flexibility index (Phi) is 7.01. The third-order valence-corrected chi connectivity index (χ3v) is 2.74. The van der Waals surface area contributed by atoms with E-state index in [4.69, 9.17) is 5.73 Å². The fourth-order valence-corrected chi connectivity index (χ4v) is 1.78. The van der Waals surface area contributed by atoms with Gasteiger partial charge in [-0.05, 0) is 31.5 Å². The van der Waals surface area contributed by atoms with Crippen molar-refractivity contribution in [1.29, 1.82) is 0 Å². The third kappa shape index (κ3) is 7.55. The van der Waals surface area contributed by atoms with Gasteiger partial charge in [0, 0.05) is 6.42 Å². The van der Waals surface area contributed by atoms with Gasteiger partial charge < -0.3 is 15.8 Å². The Morgan fingerprint density at radius 1 is 1.14 bits per heavy atom. The summed E-state index contributed by atoms with van der Waals surface area (Å²) in [7, 11) is 0. The molecule has 118 valence electrons. The number of alkyl halides is 3. The SMILES string of the molecule is NCCCCCCC(=O)Nc1ccccc1OC(F)(F)F. The minimum atomic E-state index is -4.79. The highest BCUT2D eigenvalue weighted by Gasteiger charge is 2.32. The summed E-state index contributed by atoms with van der Waals surface area (Å²) < 4.78 is 40.6. The van der Waals surface area contributed by atoms with Crippen LogP contribution in [0.3, 0.4) is 0 Å². The first kappa shape index (κ1) is 17.3. The predicted molar refractivity (Wildman–Crippen MR) is 73.9 cm³/mol. The van der Waals surface area contributed by atoms with Gasteiger partial charge in [-0.2, -0.15) is 0 Å². The number of anilines is 1. The number of nitrogens with two attached hydrogens (primary N) is 1. The van der Waals surface area contributed by atoms with Crippen LogP contribution in [0.15, 0.2) is 24.3 Å². The number of rotatable bonds is 8. The molecule has 0 heterocycles. The number of ether oxygens (including phenoxy) is 1. The second-order valence-corrected chi connectivity index (χ2v) is 4.55. The Morgan fingerprint density at radius 2 is 1.81 bits per heavy atom. The van der Waals surface area contributed by atoms with Gasteiger partial charge in [-0.25, -0.2) is 0 Å². The summed E-state index contributed by atoms with van der Waals surface area (Å²) in [6.45, 7) is 0.619. The van der Waals surface area contributed by atoms with Gasteiger partial charge in [0.1, 0.15) is 0 Å². The van der Waals surface area contributed by atoms with Crippen LogP contribution in [-0.4, -0.2) is 18.8 Å². The first-order valence-electron chi connectivity index (χ1n) is 6.77. The molecule has 3 N–H and O–H groups in total. The lowest BCUT2D eigenvalue weighted by atomic mass is 10.1. The van der Waals surface area contributed by atoms with Crippen LogP contribution in [0.5, 0.6) is 5.75 Å². The van der Waals surface area contributed by atoms with E-state index in [0.29, 0.717) is 13.0 Å². The number of halogens is 3. The van der Waals surface area contributed by atoms with E-state index in [1.54, 1.807) is 0 Å². The van der Waals surface area contributed by atoms with Crippen molar-refractivity contribution < 1.29 is 22.7 Å². The lowest BCUT2D eigenvalue weighted by Gasteiger charge is -2.13. The number of para-hydroxylation sites is 2. The lowest BCUT2D eigenvalue weighted by Crippen LogP contribution is -2.19. The van der Waals surface area contributed by atoms with Gasteiger partial charge in [0.05, 0.1) is 5.69 Å². The molecule has 0 fully saturated rings. The summed E-state index contributed by atoms with van der Waals surface area (Å²) in [5, 5.41) is 2.44. The van der Waals surface area contributed by atoms with Crippen LogP contribution < -0.4 is 15.8 Å². The number of nitrogens with one attached hydrogen (secondary N) is 1. The first-order valence-corrected chi connectivity index (χ1v) is 6.77. The highest BCUT2D eigenvalue weighted by Crippen LogP contribution is 2.30. The maximum absolute atomic E-state index is 12.2. The van der Waals surface area contributed by atoms with Crippen molar-refractivity contribution >= 4 is 11.6 Å². The summed E-state index contributed by atoms with van der Waals surface area (Å²) in [4.78, 5) is 11.7. The predicted octanol–water partition coefficient (Wildman–Crippen LogP) is 3.43. The molecule has 0 saturated heterocycles. The molecule has 0 aliphatic heterocycles. The van der Waals surface area contributed by atoms with Crippen LogP contribution in [-0.2, 0) is 4.79 Å². The summed E-state index contributed by atoms with van der Waals surface area (Å²) in [6, 6.07) is 5.46. The van der Waals surface area contributed by atoms with Gasteiger partial charge in [-0.15, -0.1) is 13.2 Å². The molecule has 0 unspecified atom stereocenters. The maximum Gasteiger partial charge on any atom is 0.573 e. The Balaban J connectivity index is 2.48. The summed E-state index contributed by atoms with van der Waals surface area (Å²) in [5.74, 6) is -0.748. The van der Waals surface area contributed by atoms with Crippen LogP contribution in [0.1, 0.15) is 32.1 Å². The van der Waals surface area contributed by atoms with Gasteiger partial charge >= 0.3 is 6.36 Å². The van der Waals surface area contributed by atoms with Gasteiger partial charge in [-0.1, -0.05) is 25.0 Å². The van der Waals surface area contributed by atoms with Gasteiger partial charge in [0.25, 0.3) is 0 Å². The van der Waals surface area contributed by atoms with Gasteiger partial charge in [0.2, 0.25) is 5.91 Å². The minimum absolute atomic E-state index is 0.0155. The lowest BCUT2D eigenvalue weighted by molar-refractivity contribution is -0.274. The molecule has 7 heteroatoms. The summed E-state index contributed by atoms with van der Waals surface area (Å²) in [5.41, 5.74) is 5.37. The second kappa shape index (κ2) is 8.51. The molecule has 1 aromatic rings. The van der Waals surface area contributed by atoms with Crippen molar-refractivity contribution in [1.82, 2.24) is 0 Å².